The molecule has 1 heterocycles. The second-order valence-corrected chi connectivity index (χ2v) is 8.61. The van der Waals surface area contributed by atoms with E-state index in [1.54, 1.807) is 0 Å². The summed E-state index contributed by atoms with van der Waals surface area (Å²) < 4.78 is 74.4. The first-order chi connectivity index (χ1) is 18.7. The number of hydrogen-bond acceptors (Lipinski definition) is 8. The number of amides is 1. The zero-order valence-corrected chi connectivity index (χ0v) is 20.7. The monoisotopic (exact) mass is 551 g/mol. The van der Waals surface area contributed by atoms with Crippen molar-refractivity contribution in [2.75, 3.05) is 13.2 Å². The van der Waals surface area contributed by atoms with Gasteiger partial charge < -0.3 is 29.7 Å². The van der Waals surface area contributed by atoms with Crippen LogP contribution in [0.4, 0.5) is 17.6 Å². The van der Waals surface area contributed by atoms with Gasteiger partial charge in [-0.1, -0.05) is 6.07 Å². The number of esters is 1. The molecule has 1 aliphatic carbocycles. The molecule has 0 aliphatic heterocycles. The first-order valence-electron chi connectivity index (χ1n) is 12.0. The van der Waals surface area contributed by atoms with Crippen LogP contribution in [0.2, 0.25) is 0 Å². The Labute approximate surface area is 220 Å². The van der Waals surface area contributed by atoms with Crippen molar-refractivity contribution < 1.29 is 45.8 Å². The zero-order valence-electron chi connectivity index (χ0n) is 20.7. The fourth-order valence-corrected chi connectivity index (χ4v) is 3.65. The van der Waals surface area contributed by atoms with Crippen LogP contribution in [0.15, 0.2) is 40.8 Å². The van der Waals surface area contributed by atoms with E-state index >= 15 is 0 Å². The molecule has 3 N–H and O–H groups in total. The molecule has 1 unspecified atom stereocenters. The Hall–Kier alpha value is -4.13. The number of nitrogens with two attached hydrogens (primary N) is 1. The van der Waals surface area contributed by atoms with E-state index in [0.29, 0.717) is 18.6 Å². The minimum atomic E-state index is -3.07. The quantitative estimate of drug-likeness (QED) is 0.249. The first kappa shape index (κ1) is 27.9. The van der Waals surface area contributed by atoms with Crippen molar-refractivity contribution in [1.82, 2.24) is 10.3 Å². The maximum absolute atomic E-state index is 14.5. The molecule has 0 radical (unpaired) electrons. The van der Waals surface area contributed by atoms with Gasteiger partial charge in [0.25, 0.3) is 5.91 Å². The highest BCUT2D eigenvalue weighted by Crippen LogP contribution is 2.36. The van der Waals surface area contributed by atoms with Crippen molar-refractivity contribution >= 4 is 11.9 Å². The van der Waals surface area contributed by atoms with Crippen LogP contribution in [0.25, 0.3) is 11.5 Å². The number of carbonyl (C=O) groups excluding carboxylic acids is 2. The molecule has 1 aliphatic rings. The molecular weight excluding hydrogens is 526 g/mol. The van der Waals surface area contributed by atoms with Crippen molar-refractivity contribution in [3.63, 3.8) is 0 Å². The number of halogens is 4. The van der Waals surface area contributed by atoms with Crippen molar-refractivity contribution in [2.24, 2.45) is 11.7 Å². The normalized spacial score (nSPS) is 13.7. The number of carbonyl (C=O) groups is 2. The molecule has 1 atom stereocenters. The van der Waals surface area contributed by atoms with Gasteiger partial charge in [0, 0.05) is 17.2 Å². The summed E-state index contributed by atoms with van der Waals surface area (Å²) in [5.41, 5.74) is 5.36. The summed E-state index contributed by atoms with van der Waals surface area (Å²) in [5.74, 6) is -3.87. The van der Waals surface area contributed by atoms with E-state index < -0.39 is 36.2 Å². The highest BCUT2D eigenvalue weighted by Gasteiger charge is 2.30. The number of alkyl halides is 2. The molecule has 1 fully saturated rings. The standard InChI is InChI=1S/C26H25F4N3O6/c1-2-36-25(35)21(16-7-6-15(27)10-17(16)28)32-23(34)22-20(11-31)38-24(33-22)14-5-8-18(39-26(29)30)19(9-14)37-12-13-3-4-13/h5-10,13,21,26H,2-4,11-12,31H2,1H3,(H,32,34). The number of ether oxygens (including phenoxy) is 3. The van der Waals surface area contributed by atoms with Crippen LogP contribution in [-0.2, 0) is 16.1 Å². The lowest BCUT2D eigenvalue weighted by molar-refractivity contribution is -0.145. The van der Waals surface area contributed by atoms with Crippen molar-refractivity contribution in [3.05, 3.63) is 65.1 Å². The Morgan fingerprint density at radius 3 is 2.56 bits per heavy atom. The van der Waals surface area contributed by atoms with Crippen LogP contribution in [0.1, 0.15) is 47.6 Å². The van der Waals surface area contributed by atoms with E-state index in [2.05, 4.69) is 15.0 Å². The first-order valence-corrected chi connectivity index (χ1v) is 12.0. The molecule has 2 aromatic carbocycles. The average molecular weight is 551 g/mol. The molecule has 3 aromatic rings. The molecule has 1 aromatic heterocycles. The number of aromatic nitrogens is 1. The molecule has 0 spiro atoms. The summed E-state index contributed by atoms with van der Waals surface area (Å²) in [6.07, 6.45) is 1.94. The van der Waals surface area contributed by atoms with Crippen LogP contribution in [0, 0.1) is 17.6 Å². The van der Waals surface area contributed by atoms with Gasteiger partial charge >= 0.3 is 12.6 Å². The number of oxazole rings is 1. The molecule has 1 amide bonds. The van der Waals surface area contributed by atoms with Crippen molar-refractivity contribution in [3.8, 4) is 23.0 Å². The minimum Gasteiger partial charge on any atom is -0.489 e. The lowest BCUT2D eigenvalue weighted by Gasteiger charge is -2.18. The van der Waals surface area contributed by atoms with E-state index in [1.807, 2.05) is 0 Å². The molecule has 39 heavy (non-hydrogen) atoms. The highest BCUT2D eigenvalue weighted by atomic mass is 19.3. The second-order valence-electron chi connectivity index (χ2n) is 8.61. The van der Waals surface area contributed by atoms with Gasteiger partial charge in [-0.2, -0.15) is 8.78 Å². The molecule has 208 valence electrons. The van der Waals surface area contributed by atoms with Crippen molar-refractivity contribution in [2.45, 2.75) is 39.0 Å². The van der Waals surface area contributed by atoms with Gasteiger partial charge in [-0.05, 0) is 49.9 Å². The van der Waals surface area contributed by atoms with E-state index in [4.69, 9.17) is 19.6 Å². The predicted molar refractivity (Wildman–Crippen MR) is 128 cm³/mol. The Balaban J connectivity index is 1.63. The van der Waals surface area contributed by atoms with Gasteiger partial charge in [0.15, 0.2) is 29.0 Å². The largest absolute Gasteiger partial charge is 0.489 e. The van der Waals surface area contributed by atoms with Gasteiger partial charge in [0.2, 0.25) is 5.89 Å². The molecule has 1 saturated carbocycles. The topological polar surface area (TPSA) is 126 Å². The molecule has 13 heteroatoms. The predicted octanol–water partition coefficient (Wildman–Crippen LogP) is 4.50. The Kier molecular flexibility index (Phi) is 8.69. The SMILES string of the molecule is CCOC(=O)C(NC(=O)c1nc(-c2ccc(OC(F)F)c(OCC3CC3)c2)oc1CN)c1ccc(F)cc1F. The van der Waals surface area contributed by atoms with E-state index in [-0.39, 0.29) is 53.1 Å². The van der Waals surface area contributed by atoms with E-state index in [0.717, 1.165) is 25.0 Å². The van der Waals surface area contributed by atoms with Crippen LogP contribution < -0.4 is 20.5 Å². The van der Waals surface area contributed by atoms with Crippen LogP contribution in [0.3, 0.4) is 0 Å². The third kappa shape index (κ3) is 6.85. The summed E-state index contributed by atoms with van der Waals surface area (Å²) >= 11 is 0. The van der Waals surface area contributed by atoms with E-state index in [1.165, 1.54) is 25.1 Å². The number of benzene rings is 2. The van der Waals surface area contributed by atoms with Gasteiger partial charge in [-0.25, -0.2) is 18.6 Å². The molecule has 4 rings (SSSR count). The maximum Gasteiger partial charge on any atom is 0.387 e. The Morgan fingerprint density at radius 1 is 1.15 bits per heavy atom. The third-order valence-corrected chi connectivity index (χ3v) is 5.75. The number of nitrogens with zero attached hydrogens (tertiary/aromatic N) is 1. The fourth-order valence-electron chi connectivity index (χ4n) is 3.65. The zero-order chi connectivity index (χ0) is 28.1. The van der Waals surface area contributed by atoms with Gasteiger partial charge in [-0.15, -0.1) is 0 Å². The van der Waals surface area contributed by atoms with Crippen LogP contribution >= 0.6 is 0 Å². The molecular formula is C26H25F4N3O6. The van der Waals surface area contributed by atoms with Gasteiger partial charge in [-0.3, -0.25) is 4.79 Å². The molecule has 0 bridgehead atoms. The van der Waals surface area contributed by atoms with E-state index in [9.17, 15) is 27.2 Å². The maximum atomic E-state index is 14.5. The second kappa shape index (κ2) is 12.2. The summed E-state index contributed by atoms with van der Waals surface area (Å²) in [4.78, 5) is 29.9. The smallest absolute Gasteiger partial charge is 0.387 e. The molecule has 0 saturated heterocycles. The van der Waals surface area contributed by atoms with Gasteiger partial charge in [0.05, 0.1) is 19.8 Å². The Bertz CT molecular complexity index is 1350. The Morgan fingerprint density at radius 2 is 1.92 bits per heavy atom. The fraction of sp³-hybridized carbons (Fsp3) is 0.346. The summed E-state index contributed by atoms with van der Waals surface area (Å²) in [5, 5.41) is 2.33. The lowest BCUT2D eigenvalue weighted by atomic mass is 10.1. The van der Waals surface area contributed by atoms with Crippen LogP contribution in [-0.4, -0.2) is 36.7 Å². The molecule has 9 nitrogen and oxygen atoms in total. The number of rotatable bonds is 12. The summed E-state index contributed by atoms with van der Waals surface area (Å²) in [6, 6.07) is 4.89. The minimum absolute atomic E-state index is 0.0346. The summed E-state index contributed by atoms with van der Waals surface area (Å²) in [7, 11) is 0. The number of nitrogens with one attached hydrogen (secondary N) is 1. The average Bonchev–Trinajstić information content (AvgIpc) is 3.62. The lowest BCUT2D eigenvalue weighted by Crippen LogP contribution is -2.36. The summed E-state index contributed by atoms with van der Waals surface area (Å²) in [6.45, 7) is -1.58. The van der Waals surface area contributed by atoms with Crippen LogP contribution in [0.5, 0.6) is 11.5 Å². The highest BCUT2D eigenvalue weighted by molar-refractivity contribution is 5.96. The van der Waals surface area contributed by atoms with Gasteiger partial charge in [0.1, 0.15) is 11.6 Å². The number of hydrogen-bond donors (Lipinski definition) is 2. The van der Waals surface area contributed by atoms with Crippen molar-refractivity contribution in [1.29, 1.82) is 0 Å². The third-order valence-electron chi connectivity index (χ3n) is 5.75.